The summed E-state index contributed by atoms with van der Waals surface area (Å²) in [7, 11) is 1.87. The first kappa shape index (κ1) is 17.0. The Morgan fingerprint density at radius 2 is 2.07 bits per heavy atom. The number of Topliss-reactive ketones (excluding diaryl/α,β-unsaturated/α-hetero) is 1. The Balaban J connectivity index is 1.76. The highest BCUT2D eigenvalue weighted by Gasteiger charge is 2.27. The van der Waals surface area contributed by atoms with Crippen LogP contribution in [0.1, 0.15) is 34.1 Å². The summed E-state index contributed by atoms with van der Waals surface area (Å²) in [6.45, 7) is 2.03. The standard InChI is InChI=1S/C20H19N5O2/c1-11-6-17(24-25(11)2)18(26)16-10-23-20-15(16)8-14(9-22-20)12-4-3-5-13(7-12)19(21)27/h3-5,7-11H,6H2,1-2H3,(H2,21,27)(H,22,23). The summed E-state index contributed by atoms with van der Waals surface area (Å²) < 4.78 is 0. The van der Waals surface area contributed by atoms with E-state index in [0.717, 1.165) is 16.5 Å². The van der Waals surface area contributed by atoms with Crippen LogP contribution in [0, 0.1) is 0 Å². The molecule has 0 saturated heterocycles. The van der Waals surface area contributed by atoms with Crippen LogP contribution < -0.4 is 5.73 Å². The largest absolute Gasteiger partial charge is 0.366 e. The quantitative estimate of drug-likeness (QED) is 0.697. The molecule has 3 heterocycles. The van der Waals surface area contributed by atoms with E-state index in [4.69, 9.17) is 5.73 Å². The number of primary amides is 1. The van der Waals surface area contributed by atoms with Crippen LogP contribution in [0.15, 0.2) is 47.8 Å². The van der Waals surface area contributed by atoms with Gasteiger partial charge in [0, 0.05) is 48.4 Å². The zero-order valence-corrected chi connectivity index (χ0v) is 15.1. The van der Waals surface area contributed by atoms with Crippen molar-refractivity contribution in [3.05, 3.63) is 53.9 Å². The molecule has 136 valence electrons. The number of rotatable bonds is 4. The van der Waals surface area contributed by atoms with Gasteiger partial charge in [0.2, 0.25) is 11.7 Å². The van der Waals surface area contributed by atoms with Crippen molar-refractivity contribution in [1.29, 1.82) is 0 Å². The van der Waals surface area contributed by atoms with Crippen molar-refractivity contribution in [1.82, 2.24) is 15.0 Å². The van der Waals surface area contributed by atoms with Gasteiger partial charge in [-0.05, 0) is 30.7 Å². The fourth-order valence-electron chi connectivity index (χ4n) is 3.24. The number of amides is 1. The van der Waals surface area contributed by atoms with Crippen molar-refractivity contribution < 1.29 is 9.59 Å². The molecule has 3 aromatic rings. The average Bonchev–Trinajstić information content (AvgIpc) is 3.24. The third-order valence-electron chi connectivity index (χ3n) is 4.92. The van der Waals surface area contributed by atoms with Gasteiger partial charge in [-0.15, -0.1) is 0 Å². The van der Waals surface area contributed by atoms with E-state index in [2.05, 4.69) is 15.1 Å². The van der Waals surface area contributed by atoms with Gasteiger partial charge in [-0.1, -0.05) is 12.1 Å². The fourth-order valence-corrected chi connectivity index (χ4v) is 3.24. The van der Waals surface area contributed by atoms with Gasteiger partial charge in [-0.3, -0.25) is 14.6 Å². The summed E-state index contributed by atoms with van der Waals surface area (Å²) in [6.07, 6.45) is 4.00. The predicted molar refractivity (Wildman–Crippen MR) is 104 cm³/mol. The van der Waals surface area contributed by atoms with Gasteiger partial charge >= 0.3 is 0 Å². The monoisotopic (exact) mass is 361 g/mol. The molecule has 1 aliphatic heterocycles. The maximum atomic E-state index is 12.9. The molecule has 1 atom stereocenters. The summed E-state index contributed by atoms with van der Waals surface area (Å²) in [5, 5.41) is 6.89. The third-order valence-corrected chi connectivity index (χ3v) is 4.92. The summed E-state index contributed by atoms with van der Waals surface area (Å²) in [4.78, 5) is 31.8. The molecular formula is C20H19N5O2. The van der Waals surface area contributed by atoms with E-state index in [0.29, 0.717) is 28.9 Å². The van der Waals surface area contributed by atoms with E-state index in [1.165, 1.54) is 0 Å². The molecular weight excluding hydrogens is 342 g/mol. The minimum absolute atomic E-state index is 0.0951. The fraction of sp³-hybridized carbons (Fsp3) is 0.200. The van der Waals surface area contributed by atoms with Crippen LogP contribution in [-0.4, -0.2) is 45.5 Å². The first-order valence-corrected chi connectivity index (χ1v) is 8.66. The summed E-state index contributed by atoms with van der Waals surface area (Å²) in [5.41, 5.74) is 9.14. The lowest BCUT2D eigenvalue weighted by molar-refractivity contribution is 0.0999. The molecule has 1 unspecified atom stereocenters. The van der Waals surface area contributed by atoms with E-state index in [9.17, 15) is 9.59 Å². The number of hydrogen-bond acceptors (Lipinski definition) is 5. The van der Waals surface area contributed by atoms with Crippen LogP contribution in [0.2, 0.25) is 0 Å². The van der Waals surface area contributed by atoms with E-state index in [1.54, 1.807) is 35.6 Å². The Bertz CT molecular complexity index is 1100. The lowest BCUT2D eigenvalue weighted by atomic mass is 10.00. The second kappa shape index (κ2) is 6.35. The minimum Gasteiger partial charge on any atom is -0.366 e. The number of ketones is 1. The normalized spacial score (nSPS) is 16.6. The maximum absolute atomic E-state index is 12.9. The Kier molecular flexibility index (Phi) is 3.99. The van der Waals surface area contributed by atoms with Crippen LogP contribution in [0.5, 0.6) is 0 Å². The number of nitrogens with one attached hydrogen (secondary N) is 1. The highest BCUT2D eigenvalue weighted by Crippen LogP contribution is 2.27. The number of hydrazone groups is 1. The molecule has 4 rings (SSSR count). The summed E-state index contributed by atoms with van der Waals surface area (Å²) in [6, 6.07) is 9.14. The first-order valence-electron chi connectivity index (χ1n) is 8.66. The van der Waals surface area contributed by atoms with Crippen LogP contribution in [-0.2, 0) is 0 Å². The van der Waals surface area contributed by atoms with Crippen LogP contribution in [0.4, 0.5) is 0 Å². The highest BCUT2D eigenvalue weighted by molar-refractivity contribution is 6.48. The first-order chi connectivity index (χ1) is 12.9. The van der Waals surface area contributed by atoms with Crippen molar-refractivity contribution >= 4 is 28.4 Å². The van der Waals surface area contributed by atoms with E-state index in [1.807, 2.05) is 26.1 Å². The second-order valence-electron chi connectivity index (χ2n) is 6.77. The molecule has 7 nitrogen and oxygen atoms in total. The number of nitrogens with zero attached hydrogens (tertiary/aromatic N) is 3. The average molecular weight is 361 g/mol. The van der Waals surface area contributed by atoms with Gasteiger partial charge in [-0.2, -0.15) is 5.10 Å². The Morgan fingerprint density at radius 1 is 1.26 bits per heavy atom. The molecule has 0 saturated carbocycles. The lowest BCUT2D eigenvalue weighted by Crippen LogP contribution is -2.18. The highest BCUT2D eigenvalue weighted by atomic mass is 16.1. The van der Waals surface area contributed by atoms with Crippen LogP contribution >= 0.6 is 0 Å². The number of hydrogen-bond donors (Lipinski definition) is 2. The smallest absolute Gasteiger partial charge is 0.248 e. The molecule has 1 aromatic carbocycles. The van der Waals surface area contributed by atoms with Gasteiger partial charge in [0.05, 0.1) is 5.56 Å². The number of aromatic amines is 1. The van der Waals surface area contributed by atoms with Gasteiger partial charge in [0.15, 0.2) is 0 Å². The van der Waals surface area contributed by atoms with Crippen molar-refractivity contribution in [2.75, 3.05) is 7.05 Å². The number of benzene rings is 1. The number of carbonyl (C=O) groups excluding carboxylic acids is 2. The number of nitrogens with two attached hydrogens (primary N) is 1. The Labute approximate surface area is 155 Å². The zero-order chi connectivity index (χ0) is 19.1. The molecule has 1 amide bonds. The SMILES string of the molecule is CC1CC(C(=O)c2c[nH]c3ncc(-c4cccc(C(N)=O)c4)cc23)=NN1C. The topological polar surface area (TPSA) is 104 Å². The molecule has 27 heavy (non-hydrogen) atoms. The molecule has 7 heteroatoms. The molecule has 3 N–H and O–H groups in total. The number of H-pyrrole nitrogens is 1. The Morgan fingerprint density at radius 3 is 2.78 bits per heavy atom. The second-order valence-corrected chi connectivity index (χ2v) is 6.77. The zero-order valence-electron chi connectivity index (χ0n) is 15.1. The predicted octanol–water partition coefficient (Wildman–Crippen LogP) is 2.59. The Hall–Kier alpha value is -3.48. The van der Waals surface area contributed by atoms with Gasteiger partial charge in [0.1, 0.15) is 11.4 Å². The van der Waals surface area contributed by atoms with Crippen molar-refractivity contribution in [3.63, 3.8) is 0 Å². The van der Waals surface area contributed by atoms with Crippen molar-refractivity contribution in [3.8, 4) is 11.1 Å². The summed E-state index contributed by atoms with van der Waals surface area (Å²) >= 11 is 0. The van der Waals surface area contributed by atoms with E-state index < -0.39 is 5.91 Å². The van der Waals surface area contributed by atoms with E-state index in [-0.39, 0.29) is 11.8 Å². The van der Waals surface area contributed by atoms with Crippen molar-refractivity contribution in [2.24, 2.45) is 10.8 Å². The minimum atomic E-state index is -0.485. The molecule has 1 aliphatic rings. The molecule has 0 aliphatic carbocycles. The molecule has 0 radical (unpaired) electrons. The molecule has 0 spiro atoms. The number of fused-ring (bicyclic) bond motifs is 1. The number of aromatic nitrogens is 2. The molecule has 0 bridgehead atoms. The van der Waals surface area contributed by atoms with Gasteiger partial charge in [-0.25, -0.2) is 4.98 Å². The number of pyridine rings is 1. The van der Waals surface area contributed by atoms with Gasteiger partial charge < -0.3 is 10.7 Å². The third kappa shape index (κ3) is 2.97. The lowest BCUT2D eigenvalue weighted by Gasteiger charge is -2.11. The van der Waals surface area contributed by atoms with E-state index >= 15 is 0 Å². The van der Waals surface area contributed by atoms with Crippen LogP contribution in [0.25, 0.3) is 22.2 Å². The summed E-state index contributed by atoms with van der Waals surface area (Å²) in [5.74, 6) is -0.580. The van der Waals surface area contributed by atoms with Gasteiger partial charge in [0.25, 0.3) is 0 Å². The molecule has 2 aromatic heterocycles. The van der Waals surface area contributed by atoms with Crippen molar-refractivity contribution in [2.45, 2.75) is 19.4 Å². The van der Waals surface area contributed by atoms with Crippen LogP contribution in [0.3, 0.4) is 0 Å². The molecule has 0 fully saturated rings. The maximum Gasteiger partial charge on any atom is 0.248 e. The number of carbonyl (C=O) groups is 2.